The molecule has 2 amide bonds. The topological polar surface area (TPSA) is 79.4 Å². The SMILES string of the molecule is O=C(CN1C(=O)CC1S(=O)Cc1ccccc1)NCCCCCCc1ccccn1. The standard InChI is InChI=1S/C23H29N3O3S/c27-21(25-15-8-2-1-6-12-20-13-7-9-14-24-20)17-26-22(28)16-23(26)30(29)18-19-10-4-3-5-11-19/h3-5,7,9-11,13-14,23H,1-2,6,8,12,15-18H2,(H,25,27). The molecule has 2 heterocycles. The molecule has 7 heteroatoms. The van der Waals surface area contributed by atoms with Crippen molar-refractivity contribution < 1.29 is 13.8 Å². The molecule has 1 fully saturated rings. The van der Waals surface area contributed by atoms with Crippen molar-refractivity contribution in [1.29, 1.82) is 0 Å². The van der Waals surface area contributed by atoms with Gasteiger partial charge >= 0.3 is 0 Å². The fraction of sp³-hybridized carbons (Fsp3) is 0.435. The Morgan fingerprint density at radius 2 is 1.83 bits per heavy atom. The summed E-state index contributed by atoms with van der Waals surface area (Å²) in [6.45, 7) is 0.589. The van der Waals surface area contributed by atoms with E-state index in [1.807, 2.05) is 54.7 Å². The highest BCUT2D eigenvalue weighted by Crippen LogP contribution is 2.24. The van der Waals surface area contributed by atoms with Crippen molar-refractivity contribution in [2.75, 3.05) is 13.1 Å². The van der Waals surface area contributed by atoms with Crippen LogP contribution in [0.5, 0.6) is 0 Å². The van der Waals surface area contributed by atoms with Gasteiger partial charge in [-0.3, -0.25) is 18.8 Å². The number of hydrogen-bond acceptors (Lipinski definition) is 4. The first-order valence-electron chi connectivity index (χ1n) is 10.5. The molecule has 1 aliphatic heterocycles. The molecule has 2 atom stereocenters. The van der Waals surface area contributed by atoms with Crippen LogP contribution in [0.1, 0.15) is 43.4 Å². The Balaban J connectivity index is 1.29. The van der Waals surface area contributed by atoms with E-state index in [4.69, 9.17) is 0 Å². The molecule has 2 unspecified atom stereocenters. The van der Waals surface area contributed by atoms with E-state index in [-0.39, 0.29) is 30.2 Å². The zero-order chi connectivity index (χ0) is 21.2. The van der Waals surface area contributed by atoms with Gasteiger partial charge in [0.25, 0.3) is 0 Å². The maximum Gasteiger partial charge on any atom is 0.239 e. The molecule has 6 nitrogen and oxygen atoms in total. The summed E-state index contributed by atoms with van der Waals surface area (Å²) >= 11 is 0. The fourth-order valence-electron chi connectivity index (χ4n) is 3.45. The summed E-state index contributed by atoms with van der Waals surface area (Å²) < 4.78 is 12.6. The lowest BCUT2D eigenvalue weighted by atomic mass is 10.1. The Kier molecular flexibility index (Phi) is 8.56. The van der Waals surface area contributed by atoms with Crippen LogP contribution in [0.4, 0.5) is 0 Å². The van der Waals surface area contributed by atoms with Crippen molar-refractivity contribution in [2.45, 2.75) is 49.7 Å². The van der Waals surface area contributed by atoms with Crippen molar-refractivity contribution >= 4 is 22.6 Å². The zero-order valence-electron chi connectivity index (χ0n) is 17.2. The second-order valence-electron chi connectivity index (χ2n) is 7.53. The first-order chi connectivity index (χ1) is 14.6. The van der Waals surface area contributed by atoms with Crippen LogP contribution in [0.2, 0.25) is 0 Å². The number of nitrogens with one attached hydrogen (secondary N) is 1. The summed E-state index contributed by atoms with van der Waals surface area (Å²) in [5.41, 5.74) is 2.09. The number of unbranched alkanes of at least 4 members (excludes halogenated alkanes) is 3. The van der Waals surface area contributed by atoms with Crippen LogP contribution in [-0.2, 0) is 32.6 Å². The quantitative estimate of drug-likeness (QED) is 0.417. The second-order valence-corrected chi connectivity index (χ2v) is 9.12. The molecule has 0 aliphatic carbocycles. The Bertz CT molecular complexity index is 845. The molecule has 1 N–H and O–H groups in total. The third-order valence-electron chi connectivity index (χ3n) is 5.19. The highest BCUT2D eigenvalue weighted by Gasteiger charge is 2.40. The number of aryl methyl sites for hydroxylation is 1. The second kappa shape index (κ2) is 11.6. The van der Waals surface area contributed by atoms with Crippen LogP contribution in [0, 0.1) is 0 Å². The molecule has 1 aliphatic rings. The van der Waals surface area contributed by atoms with Gasteiger partial charge < -0.3 is 10.2 Å². The predicted octanol–water partition coefficient (Wildman–Crippen LogP) is 2.81. The monoisotopic (exact) mass is 427 g/mol. The smallest absolute Gasteiger partial charge is 0.239 e. The summed E-state index contributed by atoms with van der Waals surface area (Å²) in [5, 5.41) is 2.51. The van der Waals surface area contributed by atoms with Gasteiger partial charge in [-0.15, -0.1) is 0 Å². The zero-order valence-corrected chi connectivity index (χ0v) is 18.0. The van der Waals surface area contributed by atoms with Gasteiger partial charge in [-0.05, 0) is 37.0 Å². The molecule has 1 aromatic carbocycles. The lowest BCUT2D eigenvalue weighted by Gasteiger charge is -2.39. The van der Waals surface area contributed by atoms with E-state index >= 15 is 0 Å². The van der Waals surface area contributed by atoms with Crippen LogP contribution in [-0.4, -0.2) is 44.4 Å². The summed E-state index contributed by atoms with van der Waals surface area (Å²) in [5.74, 6) is 0.111. The molecular weight excluding hydrogens is 398 g/mol. The lowest BCUT2D eigenvalue weighted by Crippen LogP contribution is -2.57. The van der Waals surface area contributed by atoms with E-state index in [0.29, 0.717) is 12.3 Å². The van der Waals surface area contributed by atoms with Gasteiger partial charge in [-0.2, -0.15) is 0 Å². The van der Waals surface area contributed by atoms with Crippen LogP contribution in [0.15, 0.2) is 54.7 Å². The van der Waals surface area contributed by atoms with E-state index in [9.17, 15) is 13.8 Å². The number of aromatic nitrogens is 1. The Labute approximate surface area is 180 Å². The number of carbonyl (C=O) groups excluding carboxylic acids is 2. The molecule has 30 heavy (non-hydrogen) atoms. The molecule has 0 bridgehead atoms. The normalized spacial score (nSPS) is 16.7. The summed E-state index contributed by atoms with van der Waals surface area (Å²) in [6.07, 6.45) is 7.18. The number of benzene rings is 1. The Morgan fingerprint density at radius 1 is 1.07 bits per heavy atom. The molecule has 1 saturated heterocycles. The van der Waals surface area contributed by atoms with E-state index < -0.39 is 10.8 Å². The number of pyridine rings is 1. The molecule has 160 valence electrons. The fourth-order valence-corrected chi connectivity index (χ4v) is 4.97. The maximum absolute atomic E-state index is 12.6. The molecule has 2 aromatic rings. The van der Waals surface area contributed by atoms with Gasteiger partial charge in [-0.1, -0.05) is 49.2 Å². The first kappa shape index (κ1) is 22.2. The minimum atomic E-state index is -1.20. The first-order valence-corrected chi connectivity index (χ1v) is 11.9. The van der Waals surface area contributed by atoms with Gasteiger partial charge in [-0.25, -0.2) is 0 Å². The Morgan fingerprint density at radius 3 is 2.57 bits per heavy atom. The van der Waals surface area contributed by atoms with Crippen molar-refractivity contribution in [3.8, 4) is 0 Å². The van der Waals surface area contributed by atoms with Gasteiger partial charge in [0.15, 0.2) is 0 Å². The number of rotatable bonds is 12. The van der Waals surface area contributed by atoms with Crippen molar-refractivity contribution in [2.24, 2.45) is 0 Å². The summed E-state index contributed by atoms with van der Waals surface area (Å²) in [6, 6.07) is 15.5. The average Bonchev–Trinajstić information content (AvgIpc) is 2.76. The molecular formula is C23H29N3O3S. The average molecular weight is 428 g/mol. The number of carbonyl (C=O) groups is 2. The van der Waals surface area contributed by atoms with Crippen molar-refractivity contribution in [1.82, 2.24) is 15.2 Å². The van der Waals surface area contributed by atoms with E-state index in [1.54, 1.807) is 0 Å². The van der Waals surface area contributed by atoms with Crippen LogP contribution in [0.25, 0.3) is 0 Å². The van der Waals surface area contributed by atoms with E-state index in [0.717, 1.165) is 43.4 Å². The molecule has 0 spiro atoms. The van der Waals surface area contributed by atoms with Crippen LogP contribution >= 0.6 is 0 Å². The summed E-state index contributed by atoms with van der Waals surface area (Å²) in [4.78, 5) is 29.8. The number of likely N-dealkylation sites (tertiary alicyclic amines) is 1. The lowest BCUT2D eigenvalue weighted by molar-refractivity contribution is -0.145. The number of nitrogens with zero attached hydrogens (tertiary/aromatic N) is 2. The van der Waals surface area contributed by atoms with Crippen LogP contribution in [0.3, 0.4) is 0 Å². The third kappa shape index (κ3) is 6.76. The van der Waals surface area contributed by atoms with Gasteiger partial charge in [0, 0.05) is 29.2 Å². The van der Waals surface area contributed by atoms with Gasteiger partial charge in [0.05, 0.1) is 12.2 Å². The maximum atomic E-state index is 12.6. The number of β-lactam (4-membered cyclic amide) rings is 1. The van der Waals surface area contributed by atoms with Crippen LogP contribution < -0.4 is 5.32 Å². The molecule has 0 radical (unpaired) electrons. The van der Waals surface area contributed by atoms with Crippen molar-refractivity contribution in [3.63, 3.8) is 0 Å². The number of hydrogen-bond donors (Lipinski definition) is 1. The highest BCUT2D eigenvalue weighted by molar-refractivity contribution is 7.85. The Hall–Kier alpha value is -2.54. The van der Waals surface area contributed by atoms with Gasteiger partial charge in [0.1, 0.15) is 11.9 Å². The molecule has 3 rings (SSSR count). The van der Waals surface area contributed by atoms with E-state index in [2.05, 4.69) is 10.3 Å². The minimum absolute atomic E-state index is 0.0102. The molecule has 0 saturated carbocycles. The van der Waals surface area contributed by atoms with E-state index in [1.165, 1.54) is 4.90 Å². The minimum Gasteiger partial charge on any atom is -0.355 e. The third-order valence-corrected chi connectivity index (χ3v) is 6.84. The van der Waals surface area contributed by atoms with Crippen molar-refractivity contribution in [3.05, 3.63) is 66.0 Å². The molecule has 1 aromatic heterocycles. The largest absolute Gasteiger partial charge is 0.355 e. The predicted molar refractivity (Wildman–Crippen MR) is 118 cm³/mol. The highest BCUT2D eigenvalue weighted by atomic mass is 32.2. The number of amides is 2. The van der Waals surface area contributed by atoms with Gasteiger partial charge in [0.2, 0.25) is 11.8 Å². The summed E-state index contributed by atoms with van der Waals surface area (Å²) in [7, 11) is -1.20.